The summed E-state index contributed by atoms with van der Waals surface area (Å²) in [6.07, 6.45) is -4.26. The number of rotatable bonds is 2. The van der Waals surface area contributed by atoms with Crippen LogP contribution >= 0.6 is 0 Å². The zero-order chi connectivity index (χ0) is 14.0. The molecular weight excluding hydrogens is 258 g/mol. The Morgan fingerprint density at radius 3 is 2.21 bits per heavy atom. The lowest BCUT2D eigenvalue weighted by Crippen LogP contribution is -2.07. The summed E-state index contributed by atoms with van der Waals surface area (Å²) in [6, 6.07) is 9.20. The van der Waals surface area contributed by atoms with Gasteiger partial charge in [-0.05, 0) is 29.3 Å². The molecule has 19 heavy (non-hydrogen) atoms. The molecule has 2 N–H and O–H groups in total. The number of alkyl halides is 3. The largest absolute Gasteiger partial charge is 0.416 e. The fourth-order valence-corrected chi connectivity index (χ4v) is 1.78. The first-order valence-electron chi connectivity index (χ1n) is 5.57. The Morgan fingerprint density at radius 1 is 0.947 bits per heavy atom. The van der Waals surface area contributed by atoms with Crippen LogP contribution in [0, 0.1) is 5.82 Å². The highest BCUT2D eigenvalue weighted by Gasteiger charge is 2.30. The first-order chi connectivity index (χ1) is 8.88. The minimum atomic E-state index is -4.43. The highest BCUT2D eigenvalue weighted by molar-refractivity contribution is 5.51. The van der Waals surface area contributed by atoms with Crippen molar-refractivity contribution in [3.8, 4) is 0 Å². The molecule has 0 aliphatic carbocycles. The molecule has 0 aromatic heterocycles. The lowest BCUT2D eigenvalue weighted by atomic mass is 10.0. The third kappa shape index (κ3) is 3.05. The maximum Gasteiger partial charge on any atom is 0.416 e. The van der Waals surface area contributed by atoms with Gasteiger partial charge in [-0.3, -0.25) is 0 Å². The van der Waals surface area contributed by atoms with Gasteiger partial charge in [0.2, 0.25) is 0 Å². The van der Waals surface area contributed by atoms with Gasteiger partial charge >= 0.3 is 6.18 Å². The fourth-order valence-electron chi connectivity index (χ4n) is 1.78. The Balaban J connectivity index is 2.30. The second-order valence-electron chi connectivity index (χ2n) is 4.18. The summed E-state index contributed by atoms with van der Waals surface area (Å²) in [6.45, 7) is 0. The molecule has 0 bridgehead atoms. The normalized spacial score (nSPS) is 11.6. The number of nitrogen functional groups attached to an aromatic ring is 1. The maximum absolute atomic E-state index is 13.5. The maximum atomic E-state index is 13.5. The van der Waals surface area contributed by atoms with Crippen LogP contribution in [0.3, 0.4) is 0 Å². The summed E-state index contributed by atoms with van der Waals surface area (Å²) in [5, 5.41) is 0. The van der Waals surface area contributed by atoms with E-state index in [2.05, 4.69) is 0 Å². The molecule has 100 valence electrons. The van der Waals surface area contributed by atoms with E-state index >= 15 is 0 Å². The standard InChI is InChI=1S/C14H11F4N/c15-12-4-2-1-3-9(12)7-10-5-6-11(8-13(10)19)14(16,17)18/h1-6,8H,7,19H2. The van der Waals surface area contributed by atoms with Gasteiger partial charge in [-0.2, -0.15) is 13.2 Å². The van der Waals surface area contributed by atoms with E-state index in [4.69, 9.17) is 5.73 Å². The van der Waals surface area contributed by atoms with Gasteiger partial charge in [0.15, 0.2) is 0 Å². The second-order valence-corrected chi connectivity index (χ2v) is 4.18. The van der Waals surface area contributed by atoms with E-state index in [1.807, 2.05) is 0 Å². The van der Waals surface area contributed by atoms with E-state index in [0.717, 1.165) is 12.1 Å². The number of anilines is 1. The number of hydrogen-bond donors (Lipinski definition) is 1. The van der Waals surface area contributed by atoms with Crippen molar-refractivity contribution in [1.29, 1.82) is 0 Å². The second kappa shape index (κ2) is 4.91. The van der Waals surface area contributed by atoms with E-state index in [9.17, 15) is 17.6 Å². The lowest BCUT2D eigenvalue weighted by Gasteiger charge is -2.11. The summed E-state index contributed by atoms with van der Waals surface area (Å²) in [7, 11) is 0. The molecule has 0 heterocycles. The first-order valence-corrected chi connectivity index (χ1v) is 5.57. The zero-order valence-corrected chi connectivity index (χ0v) is 9.84. The molecule has 1 nitrogen and oxygen atoms in total. The van der Waals surface area contributed by atoms with Gasteiger partial charge in [0.1, 0.15) is 5.82 Å². The van der Waals surface area contributed by atoms with Crippen LogP contribution in [0.2, 0.25) is 0 Å². The molecule has 2 rings (SSSR count). The summed E-state index contributed by atoms with van der Waals surface area (Å²) in [5.41, 5.74) is 5.67. The Labute approximate surface area is 107 Å². The Morgan fingerprint density at radius 2 is 1.63 bits per heavy atom. The van der Waals surface area contributed by atoms with Gasteiger partial charge in [-0.15, -0.1) is 0 Å². The van der Waals surface area contributed by atoms with Crippen LogP contribution in [0.5, 0.6) is 0 Å². The molecule has 0 radical (unpaired) electrons. The zero-order valence-electron chi connectivity index (χ0n) is 9.84. The van der Waals surface area contributed by atoms with Crippen LogP contribution in [-0.2, 0) is 12.6 Å². The van der Waals surface area contributed by atoms with Crippen molar-refractivity contribution in [3.05, 3.63) is 65.0 Å². The molecular formula is C14H11F4N. The third-order valence-electron chi connectivity index (χ3n) is 2.81. The van der Waals surface area contributed by atoms with Crippen LogP contribution in [0.25, 0.3) is 0 Å². The van der Waals surface area contributed by atoms with Crippen LogP contribution in [0.4, 0.5) is 23.2 Å². The van der Waals surface area contributed by atoms with E-state index in [1.54, 1.807) is 18.2 Å². The van der Waals surface area contributed by atoms with Crippen molar-refractivity contribution in [2.45, 2.75) is 12.6 Å². The summed E-state index contributed by atoms with van der Waals surface area (Å²) >= 11 is 0. The number of benzene rings is 2. The van der Waals surface area contributed by atoms with Gasteiger partial charge < -0.3 is 5.73 Å². The van der Waals surface area contributed by atoms with E-state index in [0.29, 0.717) is 11.1 Å². The van der Waals surface area contributed by atoms with Gasteiger partial charge in [0.05, 0.1) is 5.56 Å². The molecule has 0 spiro atoms. The average molecular weight is 269 g/mol. The van der Waals surface area contributed by atoms with E-state index in [-0.39, 0.29) is 12.1 Å². The molecule has 0 aliphatic heterocycles. The van der Waals surface area contributed by atoms with Gasteiger partial charge in [-0.25, -0.2) is 4.39 Å². The van der Waals surface area contributed by atoms with Gasteiger partial charge in [0, 0.05) is 12.1 Å². The highest BCUT2D eigenvalue weighted by Crippen LogP contribution is 2.32. The predicted octanol–water partition coefficient (Wildman–Crippen LogP) is 4.02. The molecule has 0 atom stereocenters. The molecule has 2 aromatic carbocycles. The average Bonchev–Trinajstić information content (AvgIpc) is 2.33. The Hall–Kier alpha value is -2.04. The SMILES string of the molecule is Nc1cc(C(F)(F)F)ccc1Cc1ccccc1F. The molecule has 5 heteroatoms. The Bertz CT molecular complexity index is 590. The minimum Gasteiger partial charge on any atom is -0.398 e. The summed E-state index contributed by atoms with van der Waals surface area (Å²) < 4.78 is 50.9. The topological polar surface area (TPSA) is 26.0 Å². The van der Waals surface area contributed by atoms with Crippen LogP contribution < -0.4 is 5.73 Å². The predicted molar refractivity (Wildman–Crippen MR) is 65.1 cm³/mol. The highest BCUT2D eigenvalue weighted by atomic mass is 19.4. The molecule has 0 unspecified atom stereocenters. The summed E-state index contributed by atoms with van der Waals surface area (Å²) in [4.78, 5) is 0. The van der Waals surface area contributed by atoms with Crippen LogP contribution in [0.1, 0.15) is 16.7 Å². The molecule has 0 saturated heterocycles. The van der Waals surface area contributed by atoms with Crippen molar-refractivity contribution in [2.75, 3.05) is 5.73 Å². The fraction of sp³-hybridized carbons (Fsp3) is 0.143. The van der Waals surface area contributed by atoms with Crippen molar-refractivity contribution in [2.24, 2.45) is 0 Å². The van der Waals surface area contributed by atoms with Crippen LogP contribution in [-0.4, -0.2) is 0 Å². The van der Waals surface area contributed by atoms with Gasteiger partial charge in [0.25, 0.3) is 0 Å². The first kappa shape index (κ1) is 13.4. The van der Waals surface area contributed by atoms with Crippen molar-refractivity contribution < 1.29 is 17.6 Å². The molecule has 0 fully saturated rings. The number of nitrogens with two attached hydrogens (primary N) is 1. The van der Waals surface area contributed by atoms with Crippen molar-refractivity contribution in [1.82, 2.24) is 0 Å². The molecule has 0 saturated carbocycles. The summed E-state index contributed by atoms with van der Waals surface area (Å²) in [5.74, 6) is -0.401. The van der Waals surface area contributed by atoms with E-state index < -0.39 is 17.6 Å². The number of hydrogen-bond acceptors (Lipinski definition) is 1. The lowest BCUT2D eigenvalue weighted by molar-refractivity contribution is -0.137. The minimum absolute atomic E-state index is 0.0121. The van der Waals surface area contributed by atoms with Crippen LogP contribution in [0.15, 0.2) is 42.5 Å². The Kier molecular flexibility index (Phi) is 3.46. The molecule has 2 aromatic rings. The third-order valence-corrected chi connectivity index (χ3v) is 2.81. The quantitative estimate of drug-likeness (QED) is 0.646. The monoisotopic (exact) mass is 269 g/mol. The molecule has 0 amide bonds. The molecule has 0 aliphatic rings. The smallest absolute Gasteiger partial charge is 0.398 e. The van der Waals surface area contributed by atoms with E-state index in [1.165, 1.54) is 12.1 Å². The van der Waals surface area contributed by atoms with Crippen molar-refractivity contribution >= 4 is 5.69 Å². The van der Waals surface area contributed by atoms with Crippen molar-refractivity contribution in [3.63, 3.8) is 0 Å². The van der Waals surface area contributed by atoms with Gasteiger partial charge in [-0.1, -0.05) is 24.3 Å². The number of halogens is 4.